The van der Waals surface area contributed by atoms with Crippen molar-refractivity contribution in [3.63, 3.8) is 0 Å². The van der Waals surface area contributed by atoms with E-state index in [0.29, 0.717) is 0 Å². The maximum absolute atomic E-state index is 12.7. The lowest BCUT2D eigenvalue weighted by molar-refractivity contribution is 0.209. The van der Waals surface area contributed by atoms with Crippen LogP contribution in [0.15, 0.2) is 30.5 Å². The van der Waals surface area contributed by atoms with Gasteiger partial charge in [-0.3, -0.25) is 0 Å². The molecule has 0 saturated carbocycles. The van der Waals surface area contributed by atoms with Crippen LogP contribution < -0.4 is 10.2 Å². The predicted molar refractivity (Wildman–Crippen MR) is 99.9 cm³/mol. The zero-order valence-corrected chi connectivity index (χ0v) is 15.3. The lowest BCUT2D eigenvalue weighted by Gasteiger charge is -2.26. The average molecular weight is 344 g/mol. The molecule has 3 heterocycles. The van der Waals surface area contributed by atoms with Crippen LogP contribution in [-0.2, 0) is 0 Å². The second-order valence-corrected chi connectivity index (χ2v) is 7.55. The molecule has 0 radical (unpaired) electrons. The Kier molecular flexibility index (Phi) is 5.04. The minimum atomic E-state index is -0.109. The predicted octanol–water partition coefficient (Wildman–Crippen LogP) is 4.28. The summed E-state index contributed by atoms with van der Waals surface area (Å²) in [6.07, 6.45) is 4.14. The van der Waals surface area contributed by atoms with Crippen molar-refractivity contribution in [2.24, 2.45) is 0 Å². The number of nitrogens with zero attached hydrogens (tertiary/aromatic N) is 3. The molecule has 1 fully saturated rings. The van der Waals surface area contributed by atoms with Gasteiger partial charge < -0.3 is 15.1 Å². The number of hydrogen-bond acceptors (Lipinski definition) is 4. The zero-order valence-electron chi connectivity index (χ0n) is 14.5. The third-order valence-electron chi connectivity index (χ3n) is 4.51. The Hall–Kier alpha value is -2.08. The molecule has 2 aromatic heterocycles. The van der Waals surface area contributed by atoms with Crippen molar-refractivity contribution < 1.29 is 4.79 Å². The first-order chi connectivity index (χ1) is 11.6. The van der Waals surface area contributed by atoms with Crippen LogP contribution in [0, 0.1) is 6.92 Å². The highest BCUT2D eigenvalue weighted by Gasteiger charge is 2.22. The summed E-state index contributed by atoms with van der Waals surface area (Å²) in [5, 5.41) is 3.03. The highest BCUT2D eigenvalue weighted by atomic mass is 32.1. The van der Waals surface area contributed by atoms with Crippen LogP contribution >= 0.6 is 11.3 Å². The first kappa shape index (κ1) is 16.8. The quantitative estimate of drug-likeness (QED) is 0.901. The van der Waals surface area contributed by atoms with Crippen LogP contribution in [0.25, 0.3) is 0 Å². The number of urea groups is 1. The van der Waals surface area contributed by atoms with Gasteiger partial charge in [0.15, 0.2) is 5.82 Å². The Morgan fingerprint density at radius 1 is 1.33 bits per heavy atom. The number of carbonyl (C=O) groups excluding carboxylic acids is 1. The molecule has 0 aromatic carbocycles. The lowest BCUT2D eigenvalue weighted by Crippen LogP contribution is -2.34. The highest BCUT2D eigenvalue weighted by Crippen LogP contribution is 2.29. The van der Waals surface area contributed by atoms with E-state index in [1.807, 2.05) is 19.2 Å². The second-order valence-electron chi connectivity index (χ2n) is 6.23. The third-order valence-corrected chi connectivity index (χ3v) is 5.68. The largest absolute Gasteiger partial charge is 0.355 e. The molecule has 0 spiro atoms. The fourth-order valence-corrected chi connectivity index (χ4v) is 3.90. The van der Waals surface area contributed by atoms with E-state index in [4.69, 9.17) is 0 Å². The molecule has 6 heteroatoms. The zero-order chi connectivity index (χ0) is 17.1. The van der Waals surface area contributed by atoms with Gasteiger partial charge in [-0.25, -0.2) is 9.78 Å². The fourth-order valence-electron chi connectivity index (χ4n) is 2.92. The van der Waals surface area contributed by atoms with Gasteiger partial charge in [0.1, 0.15) is 0 Å². The Labute approximate surface area is 147 Å². The summed E-state index contributed by atoms with van der Waals surface area (Å²) in [4.78, 5) is 23.6. The van der Waals surface area contributed by atoms with Gasteiger partial charge in [0, 0.05) is 36.1 Å². The Balaban J connectivity index is 1.72. The third kappa shape index (κ3) is 3.53. The van der Waals surface area contributed by atoms with Crippen LogP contribution in [0.2, 0.25) is 0 Å². The number of hydrogen-bond donors (Lipinski definition) is 1. The van der Waals surface area contributed by atoms with Crippen LogP contribution in [-0.4, -0.2) is 36.1 Å². The summed E-state index contributed by atoms with van der Waals surface area (Å²) in [6, 6.07) is 7.90. The molecule has 5 nitrogen and oxygen atoms in total. The molecule has 0 aliphatic carbocycles. The molecule has 24 heavy (non-hydrogen) atoms. The molecule has 128 valence electrons. The molecule has 0 unspecified atom stereocenters. The summed E-state index contributed by atoms with van der Waals surface area (Å²) in [5.74, 6) is 0.872. The van der Waals surface area contributed by atoms with Gasteiger partial charge in [0.2, 0.25) is 0 Å². The van der Waals surface area contributed by atoms with Crippen molar-refractivity contribution in [2.75, 3.05) is 30.4 Å². The van der Waals surface area contributed by atoms with Gasteiger partial charge in [-0.05, 0) is 51.0 Å². The normalized spacial score (nSPS) is 15.4. The van der Waals surface area contributed by atoms with Crippen molar-refractivity contribution in [3.05, 3.63) is 40.2 Å². The summed E-state index contributed by atoms with van der Waals surface area (Å²) >= 11 is 1.73. The summed E-state index contributed by atoms with van der Waals surface area (Å²) in [5.41, 5.74) is 0.783. The maximum atomic E-state index is 12.7. The van der Waals surface area contributed by atoms with Gasteiger partial charge in [-0.1, -0.05) is 0 Å². The summed E-state index contributed by atoms with van der Waals surface area (Å²) in [6.45, 7) is 6.13. The van der Waals surface area contributed by atoms with Gasteiger partial charge in [0.05, 0.1) is 11.7 Å². The van der Waals surface area contributed by atoms with E-state index in [1.165, 1.54) is 22.6 Å². The molecule has 2 amide bonds. The molecule has 3 rings (SSSR count). The van der Waals surface area contributed by atoms with Gasteiger partial charge >= 0.3 is 6.03 Å². The van der Waals surface area contributed by atoms with Crippen molar-refractivity contribution in [1.29, 1.82) is 0 Å². The first-order valence-corrected chi connectivity index (χ1v) is 9.18. The van der Waals surface area contributed by atoms with Gasteiger partial charge in [0.25, 0.3) is 0 Å². The fraction of sp³-hybridized carbons (Fsp3) is 0.444. The van der Waals surface area contributed by atoms with Crippen LogP contribution in [0.5, 0.6) is 0 Å². The smallest absolute Gasteiger partial charge is 0.322 e. The topological polar surface area (TPSA) is 48.5 Å². The lowest BCUT2D eigenvalue weighted by atomic mass is 10.2. The van der Waals surface area contributed by atoms with E-state index in [9.17, 15) is 4.79 Å². The van der Waals surface area contributed by atoms with Gasteiger partial charge in [-0.2, -0.15) is 0 Å². The maximum Gasteiger partial charge on any atom is 0.322 e. The monoisotopic (exact) mass is 344 g/mol. The van der Waals surface area contributed by atoms with Crippen molar-refractivity contribution >= 4 is 28.9 Å². The SMILES string of the molecule is Cc1ccc([C@@H](C)N(C)C(=O)Nc2cccnc2N2CCCC2)s1. The number of rotatable bonds is 4. The number of pyridine rings is 1. The van der Waals surface area contributed by atoms with E-state index in [2.05, 4.69) is 41.2 Å². The van der Waals surface area contributed by atoms with Gasteiger partial charge in [-0.15, -0.1) is 11.3 Å². The van der Waals surface area contributed by atoms with Crippen molar-refractivity contribution in [1.82, 2.24) is 9.88 Å². The standard InChI is InChI=1S/C18H24N4OS/c1-13-8-9-16(24-13)14(2)21(3)18(23)20-15-7-6-10-19-17(15)22-11-4-5-12-22/h6-10,14H,4-5,11-12H2,1-3H3,(H,20,23)/t14-/m1/s1. The molecular formula is C18H24N4OS. The van der Waals surface area contributed by atoms with Crippen LogP contribution in [0.4, 0.5) is 16.3 Å². The van der Waals surface area contributed by atoms with E-state index in [-0.39, 0.29) is 12.1 Å². The van der Waals surface area contributed by atoms with E-state index >= 15 is 0 Å². The molecule has 0 bridgehead atoms. The molecule has 1 atom stereocenters. The second kappa shape index (κ2) is 7.21. The number of carbonyl (C=O) groups is 1. The van der Waals surface area contributed by atoms with E-state index in [0.717, 1.165) is 24.6 Å². The van der Waals surface area contributed by atoms with E-state index in [1.54, 1.807) is 22.4 Å². The van der Waals surface area contributed by atoms with E-state index < -0.39 is 0 Å². The molecule has 2 aromatic rings. The van der Waals surface area contributed by atoms with Crippen molar-refractivity contribution in [2.45, 2.75) is 32.7 Å². The summed E-state index contributed by atoms with van der Waals surface area (Å²) < 4.78 is 0. The Morgan fingerprint density at radius 3 is 2.75 bits per heavy atom. The minimum Gasteiger partial charge on any atom is -0.355 e. The molecule has 1 aliphatic heterocycles. The molecule has 1 aliphatic rings. The number of aryl methyl sites for hydroxylation is 1. The highest BCUT2D eigenvalue weighted by molar-refractivity contribution is 7.12. The Morgan fingerprint density at radius 2 is 2.08 bits per heavy atom. The number of thiophene rings is 1. The Bertz CT molecular complexity index is 709. The van der Waals surface area contributed by atoms with Crippen LogP contribution in [0.3, 0.4) is 0 Å². The summed E-state index contributed by atoms with van der Waals surface area (Å²) in [7, 11) is 1.83. The first-order valence-electron chi connectivity index (χ1n) is 8.36. The number of amides is 2. The molecular weight excluding hydrogens is 320 g/mol. The van der Waals surface area contributed by atoms with Crippen LogP contribution in [0.1, 0.15) is 35.6 Å². The number of anilines is 2. The van der Waals surface area contributed by atoms with Crippen molar-refractivity contribution in [3.8, 4) is 0 Å². The minimum absolute atomic E-state index is 0.0376. The molecule has 1 N–H and O–H groups in total. The average Bonchev–Trinajstić information content (AvgIpc) is 3.25. The molecule has 1 saturated heterocycles. The number of nitrogens with one attached hydrogen (secondary N) is 1. The number of aromatic nitrogens is 1.